The Labute approximate surface area is 95.8 Å². The van der Waals surface area contributed by atoms with Gasteiger partial charge in [-0.15, -0.1) is 0 Å². The quantitative estimate of drug-likeness (QED) is 0.620. The van der Waals surface area contributed by atoms with Crippen LogP contribution in [0.2, 0.25) is 0 Å². The molecule has 0 radical (unpaired) electrons. The average molecular weight is 306 g/mol. The van der Waals surface area contributed by atoms with Gasteiger partial charge >= 0.3 is 0 Å². The van der Waals surface area contributed by atoms with Gasteiger partial charge in [0.1, 0.15) is 9.93 Å². The topological polar surface area (TPSA) is 44.1 Å². The van der Waals surface area contributed by atoms with Crippen LogP contribution < -0.4 is 0 Å². The molecule has 1 aromatic rings. The van der Waals surface area contributed by atoms with Crippen molar-refractivity contribution in [3.63, 3.8) is 0 Å². The molecule has 76 valence electrons. The van der Waals surface area contributed by atoms with Crippen LogP contribution in [0.4, 0.5) is 0 Å². The van der Waals surface area contributed by atoms with Gasteiger partial charge in [0.05, 0.1) is 5.56 Å². The van der Waals surface area contributed by atoms with Crippen LogP contribution in [0.5, 0.6) is 0 Å². The van der Waals surface area contributed by atoms with Crippen molar-refractivity contribution in [2.24, 2.45) is 0 Å². The van der Waals surface area contributed by atoms with E-state index in [2.05, 4.69) is 27.7 Å². The van der Waals surface area contributed by atoms with Crippen LogP contribution in [0.1, 0.15) is 35.8 Å². The molecule has 1 aliphatic rings. The monoisotopic (exact) mass is 306 g/mol. The highest BCUT2D eigenvalue weighted by atomic mass is 127. The fourth-order valence-electron chi connectivity index (χ4n) is 1.54. The summed E-state index contributed by atoms with van der Waals surface area (Å²) >= 11 is 2.06. The molecule has 0 spiro atoms. The van der Waals surface area contributed by atoms with E-state index in [4.69, 9.17) is 4.74 Å². The molecular weight excluding hydrogens is 295 g/mol. The van der Waals surface area contributed by atoms with Gasteiger partial charge in [0.2, 0.25) is 0 Å². The molecule has 5 heteroatoms. The van der Waals surface area contributed by atoms with Crippen LogP contribution in [-0.4, -0.2) is 22.7 Å². The molecule has 0 amide bonds. The molecule has 0 unspecified atom stereocenters. The number of ether oxygens (including phenoxy) is 1. The lowest BCUT2D eigenvalue weighted by Gasteiger charge is -2.22. The van der Waals surface area contributed by atoms with Gasteiger partial charge in [-0.25, -0.2) is 4.68 Å². The van der Waals surface area contributed by atoms with Crippen molar-refractivity contribution in [2.45, 2.75) is 25.5 Å². The lowest BCUT2D eigenvalue weighted by Crippen LogP contribution is -2.18. The second kappa shape index (κ2) is 4.39. The van der Waals surface area contributed by atoms with Gasteiger partial charge < -0.3 is 4.74 Å². The molecule has 1 atom stereocenters. The van der Waals surface area contributed by atoms with E-state index in [-0.39, 0.29) is 6.23 Å². The lowest BCUT2D eigenvalue weighted by molar-refractivity contribution is -0.0396. The Morgan fingerprint density at radius 1 is 1.64 bits per heavy atom. The van der Waals surface area contributed by atoms with E-state index in [9.17, 15) is 4.79 Å². The minimum Gasteiger partial charge on any atom is -0.357 e. The summed E-state index contributed by atoms with van der Waals surface area (Å²) in [6.07, 6.45) is 5.87. The van der Waals surface area contributed by atoms with E-state index in [1.807, 2.05) is 0 Å². The number of carbonyl (C=O) groups excluding carboxylic acids is 1. The summed E-state index contributed by atoms with van der Waals surface area (Å²) in [6, 6.07) is 0. The van der Waals surface area contributed by atoms with Gasteiger partial charge in [-0.2, -0.15) is 5.10 Å². The minimum atomic E-state index is 0.0194. The number of hydrogen-bond acceptors (Lipinski definition) is 3. The van der Waals surface area contributed by atoms with Gasteiger partial charge in [-0.05, 0) is 41.9 Å². The molecule has 0 bridgehead atoms. The van der Waals surface area contributed by atoms with Gasteiger partial charge in [-0.1, -0.05) is 0 Å². The van der Waals surface area contributed by atoms with Crippen LogP contribution in [0, 0.1) is 3.70 Å². The van der Waals surface area contributed by atoms with E-state index in [0.717, 1.165) is 35.9 Å². The molecule has 14 heavy (non-hydrogen) atoms. The number of aldehydes is 1. The molecular formula is C9H11IN2O2. The van der Waals surface area contributed by atoms with Gasteiger partial charge in [0.25, 0.3) is 0 Å². The van der Waals surface area contributed by atoms with Crippen molar-refractivity contribution in [2.75, 3.05) is 6.61 Å². The van der Waals surface area contributed by atoms with Crippen molar-refractivity contribution >= 4 is 28.9 Å². The maximum absolute atomic E-state index is 10.6. The Kier molecular flexibility index (Phi) is 3.17. The van der Waals surface area contributed by atoms with Crippen LogP contribution >= 0.6 is 22.6 Å². The highest BCUT2D eigenvalue weighted by Crippen LogP contribution is 2.22. The first-order chi connectivity index (χ1) is 6.81. The highest BCUT2D eigenvalue weighted by molar-refractivity contribution is 14.1. The van der Waals surface area contributed by atoms with Crippen LogP contribution in [-0.2, 0) is 4.74 Å². The number of hydrogen-bond donors (Lipinski definition) is 0. The molecule has 0 saturated carbocycles. The van der Waals surface area contributed by atoms with E-state index >= 15 is 0 Å². The molecule has 1 saturated heterocycles. The number of nitrogens with zero attached hydrogens (tertiary/aromatic N) is 2. The molecule has 1 fully saturated rings. The summed E-state index contributed by atoms with van der Waals surface area (Å²) < 4.78 is 8.06. The summed E-state index contributed by atoms with van der Waals surface area (Å²) in [5, 5.41) is 4.25. The Morgan fingerprint density at radius 3 is 3.07 bits per heavy atom. The van der Waals surface area contributed by atoms with E-state index < -0.39 is 0 Å². The third-order valence-electron chi connectivity index (χ3n) is 2.29. The maximum atomic E-state index is 10.6. The summed E-state index contributed by atoms with van der Waals surface area (Å²) in [5.41, 5.74) is 0.639. The molecule has 2 rings (SSSR count). The predicted molar refractivity (Wildman–Crippen MR) is 59.2 cm³/mol. The minimum absolute atomic E-state index is 0.0194. The second-order valence-corrected chi connectivity index (χ2v) is 4.32. The summed E-state index contributed by atoms with van der Waals surface area (Å²) in [6.45, 7) is 0.789. The van der Waals surface area contributed by atoms with Crippen LogP contribution in [0.3, 0.4) is 0 Å². The zero-order valence-corrected chi connectivity index (χ0v) is 9.81. The molecule has 4 nitrogen and oxygen atoms in total. The standard InChI is InChI=1S/C9H11IN2O2/c10-9-7(6-13)5-12(11-9)8-3-1-2-4-14-8/h5-6,8H,1-4H2/t8-/m0/s1. The van der Waals surface area contributed by atoms with Gasteiger partial charge in [0.15, 0.2) is 6.29 Å². The second-order valence-electron chi connectivity index (χ2n) is 3.29. The van der Waals surface area contributed by atoms with E-state index in [1.165, 1.54) is 0 Å². The van der Waals surface area contributed by atoms with Crippen molar-refractivity contribution in [3.8, 4) is 0 Å². The molecule has 0 aliphatic carbocycles. The van der Waals surface area contributed by atoms with Crippen LogP contribution in [0.15, 0.2) is 6.20 Å². The number of halogens is 1. The summed E-state index contributed by atoms with van der Waals surface area (Å²) in [7, 11) is 0. The zero-order valence-electron chi connectivity index (χ0n) is 7.65. The van der Waals surface area contributed by atoms with Gasteiger partial charge in [-0.3, -0.25) is 4.79 Å². The predicted octanol–water partition coefficient (Wildman–Crippen LogP) is 2.00. The number of aromatic nitrogens is 2. The van der Waals surface area contributed by atoms with Crippen molar-refractivity contribution in [1.29, 1.82) is 0 Å². The number of carbonyl (C=O) groups is 1. The molecule has 0 N–H and O–H groups in total. The van der Waals surface area contributed by atoms with Gasteiger partial charge in [0, 0.05) is 12.8 Å². The Morgan fingerprint density at radius 2 is 2.50 bits per heavy atom. The Hall–Kier alpha value is -0.430. The molecule has 2 heterocycles. The summed E-state index contributed by atoms with van der Waals surface area (Å²) in [4.78, 5) is 10.6. The highest BCUT2D eigenvalue weighted by Gasteiger charge is 2.17. The van der Waals surface area contributed by atoms with Crippen LogP contribution in [0.25, 0.3) is 0 Å². The average Bonchev–Trinajstić information content (AvgIpc) is 2.61. The third-order valence-corrected chi connectivity index (χ3v) is 3.13. The number of rotatable bonds is 2. The van der Waals surface area contributed by atoms with Crippen molar-refractivity contribution in [1.82, 2.24) is 9.78 Å². The third kappa shape index (κ3) is 1.98. The Bertz CT molecular complexity index is 332. The summed E-state index contributed by atoms with van der Waals surface area (Å²) in [5.74, 6) is 0. The SMILES string of the molecule is O=Cc1cn([C@@H]2CCCCO2)nc1I. The molecule has 1 aromatic heterocycles. The molecule has 1 aliphatic heterocycles. The molecule has 0 aromatic carbocycles. The van der Waals surface area contributed by atoms with Crippen molar-refractivity contribution < 1.29 is 9.53 Å². The first-order valence-electron chi connectivity index (χ1n) is 4.62. The van der Waals surface area contributed by atoms with E-state index in [0.29, 0.717) is 5.56 Å². The zero-order chi connectivity index (χ0) is 9.97. The Balaban J connectivity index is 2.18. The lowest BCUT2D eigenvalue weighted by atomic mass is 10.2. The first kappa shape index (κ1) is 10.1. The smallest absolute Gasteiger partial charge is 0.154 e. The fraction of sp³-hybridized carbons (Fsp3) is 0.556. The largest absolute Gasteiger partial charge is 0.357 e. The van der Waals surface area contributed by atoms with E-state index in [1.54, 1.807) is 10.9 Å². The first-order valence-corrected chi connectivity index (χ1v) is 5.70. The van der Waals surface area contributed by atoms with Crippen molar-refractivity contribution in [3.05, 3.63) is 15.5 Å². The fourth-order valence-corrected chi connectivity index (χ4v) is 2.06. The normalized spacial score (nSPS) is 22.2. The maximum Gasteiger partial charge on any atom is 0.154 e.